The van der Waals surface area contributed by atoms with Crippen molar-refractivity contribution in [3.8, 4) is 11.1 Å². The van der Waals surface area contributed by atoms with Crippen LogP contribution < -0.4 is 4.90 Å². The molecule has 0 aliphatic carbocycles. The molecular formula is C25H21N. The second kappa shape index (κ2) is 5.47. The molecule has 26 heavy (non-hydrogen) atoms. The van der Waals surface area contributed by atoms with Crippen LogP contribution in [0, 0.1) is 6.92 Å². The van der Waals surface area contributed by atoms with Crippen molar-refractivity contribution >= 4 is 38.0 Å². The van der Waals surface area contributed by atoms with E-state index in [4.69, 9.17) is 0 Å². The Morgan fingerprint density at radius 3 is 1.92 bits per heavy atom. The van der Waals surface area contributed by atoms with E-state index in [1.807, 2.05) is 0 Å². The van der Waals surface area contributed by atoms with Crippen LogP contribution in [0.25, 0.3) is 43.4 Å². The summed E-state index contributed by atoms with van der Waals surface area (Å²) in [6.07, 6.45) is 0. The Balaban J connectivity index is 1.87. The van der Waals surface area contributed by atoms with Crippen LogP contribution in [-0.2, 0) is 0 Å². The molecule has 126 valence electrons. The lowest BCUT2D eigenvalue weighted by atomic mass is 9.88. The zero-order valence-electron chi connectivity index (χ0n) is 15.4. The number of hydrogen-bond donors (Lipinski definition) is 0. The van der Waals surface area contributed by atoms with Crippen molar-refractivity contribution in [2.75, 3.05) is 19.0 Å². The Labute approximate surface area is 153 Å². The molecule has 0 N–H and O–H groups in total. The van der Waals surface area contributed by atoms with Gasteiger partial charge in [-0.3, -0.25) is 0 Å². The van der Waals surface area contributed by atoms with E-state index in [1.165, 1.54) is 54.7 Å². The van der Waals surface area contributed by atoms with Crippen LogP contribution in [0.5, 0.6) is 0 Å². The van der Waals surface area contributed by atoms with E-state index < -0.39 is 0 Å². The zero-order valence-corrected chi connectivity index (χ0v) is 15.4. The van der Waals surface area contributed by atoms with Gasteiger partial charge in [-0.1, -0.05) is 60.7 Å². The predicted molar refractivity (Wildman–Crippen MR) is 115 cm³/mol. The molecule has 0 aromatic heterocycles. The maximum absolute atomic E-state index is 2.29. The maximum atomic E-state index is 2.29. The second-order valence-corrected chi connectivity index (χ2v) is 7.36. The quantitative estimate of drug-likeness (QED) is 0.327. The maximum Gasteiger partial charge on any atom is 0.0364 e. The smallest absolute Gasteiger partial charge is 0.0364 e. The highest BCUT2D eigenvalue weighted by molar-refractivity contribution is 6.25. The van der Waals surface area contributed by atoms with Crippen molar-refractivity contribution in [2.45, 2.75) is 6.92 Å². The normalized spacial score (nSPS) is 11.7. The first-order chi connectivity index (χ1) is 12.6. The fraction of sp³-hybridized carbons (Fsp3) is 0.120. The predicted octanol–water partition coefficient (Wildman–Crippen LogP) is 6.63. The third-order valence-electron chi connectivity index (χ3n) is 5.55. The molecule has 0 heterocycles. The largest absolute Gasteiger partial charge is 0.378 e. The number of hydrogen-bond acceptors (Lipinski definition) is 1. The Bertz CT molecular complexity index is 1250. The van der Waals surface area contributed by atoms with E-state index >= 15 is 0 Å². The van der Waals surface area contributed by atoms with Gasteiger partial charge in [-0.15, -0.1) is 0 Å². The molecule has 0 unspecified atom stereocenters. The second-order valence-electron chi connectivity index (χ2n) is 7.36. The monoisotopic (exact) mass is 335 g/mol. The zero-order chi connectivity index (χ0) is 17.8. The number of benzene rings is 5. The molecule has 1 nitrogen and oxygen atoms in total. The van der Waals surface area contributed by atoms with Crippen LogP contribution >= 0.6 is 0 Å². The van der Waals surface area contributed by atoms with E-state index in [2.05, 4.69) is 98.7 Å². The van der Waals surface area contributed by atoms with Gasteiger partial charge >= 0.3 is 0 Å². The first kappa shape index (κ1) is 15.2. The van der Waals surface area contributed by atoms with Gasteiger partial charge in [0.05, 0.1) is 0 Å². The number of rotatable bonds is 2. The Kier molecular flexibility index (Phi) is 3.20. The summed E-state index contributed by atoms with van der Waals surface area (Å²) in [6.45, 7) is 2.21. The summed E-state index contributed by atoms with van der Waals surface area (Å²) in [4.78, 5) is 2.15. The Hall–Kier alpha value is -3.06. The summed E-state index contributed by atoms with van der Waals surface area (Å²) in [7, 11) is 4.18. The van der Waals surface area contributed by atoms with Gasteiger partial charge in [0.2, 0.25) is 0 Å². The molecule has 0 radical (unpaired) electrons. The highest BCUT2D eigenvalue weighted by atomic mass is 15.1. The lowest BCUT2D eigenvalue weighted by molar-refractivity contribution is 1.13. The van der Waals surface area contributed by atoms with Crippen molar-refractivity contribution in [1.82, 2.24) is 0 Å². The molecule has 1 heteroatoms. The van der Waals surface area contributed by atoms with E-state index in [0.29, 0.717) is 0 Å². The van der Waals surface area contributed by atoms with Gasteiger partial charge in [0.25, 0.3) is 0 Å². The van der Waals surface area contributed by atoms with Gasteiger partial charge in [0, 0.05) is 19.8 Å². The van der Waals surface area contributed by atoms with Crippen molar-refractivity contribution in [2.24, 2.45) is 0 Å². The highest BCUT2D eigenvalue weighted by Gasteiger charge is 2.13. The fourth-order valence-corrected chi connectivity index (χ4v) is 4.20. The minimum absolute atomic E-state index is 1.24. The summed E-state index contributed by atoms with van der Waals surface area (Å²) in [6, 6.07) is 26.9. The molecule has 0 spiro atoms. The van der Waals surface area contributed by atoms with Crippen LogP contribution in [0.1, 0.15) is 5.56 Å². The van der Waals surface area contributed by atoms with Gasteiger partial charge in [0.1, 0.15) is 0 Å². The summed E-state index contributed by atoms with van der Waals surface area (Å²) in [5, 5.41) is 8.05. The summed E-state index contributed by atoms with van der Waals surface area (Å²) < 4.78 is 0. The van der Waals surface area contributed by atoms with Gasteiger partial charge in [0.15, 0.2) is 0 Å². The Morgan fingerprint density at radius 1 is 0.615 bits per heavy atom. The number of anilines is 1. The Morgan fingerprint density at radius 2 is 1.23 bits per heavy atom. The standard InChI is InChI=1S/C25H21N/c1-16-15-20(26(2)3)11-14-21(16)22-12-9-19-8-7-17-5-4-6-18-10-13-23(22)25(19)24(17)18/h4-15H,1-3H3. The lowest BCUT2D eigenvalue weighted by Gasteiger charge is -2.18. The van der Waals surface area contributed by atoms with Gasteiger partial charge < -0.3 is 4.90 Å². The first-order valence-corrected chi connectivity index (χ1v) is 9.08. The van der Waals surface area contributed by atoms with E-state index in [-0.39, 0.29) is 0 Å². The molecule has 0 amide bonds. The molecule has 0 aliphatic rings. The van der Waals surface area contributed by atoms with Gasteiger partial charge in [-0.05, 0) is 68.1 Å². The third-order valence-corrected chi connectivity index (χ3v) is 5.55. The van der Waals surface area contributed by atoms with Crippen LogP contribution in [0.2, 0.25) is 0 Å². The molecule has 0 bridgehead atoms. The average molecular weight is 335 g/mol. The molecule has 5 aromatic rings. The summed E-state index contributed by atoms with van der Waals surface area (Å²) >= 11 is 0. The average Bonchev–Trinajstić information content (AvgIpc) is 2.66. The molecular weight excluding hydrogens is 314 g/mol. The molecule has 5 rings (SSSR count). The van der Waals surface area contributed by atoms with Crippen LogP contribution in [0.3, 0.4) is 0 Å². The minimum Gasteiger partial charge on any atom is -0.378 e. The SMILES string of the molecule is Cc1cc(N(C)C)ccc1-c1ccc2ccc3cccc4ccc1c2c34. The van der Waals surface area contributed by atoms with Gasteiger partial charge in [-0.25, -0.2) is 0 Å². The molecule has 0 fully saturated rings. The first-order valence-electron chi connectivity index (χ1n) is 9.08. The lowest BCUT2D eigenvalue weighted by Crippen LogP contribution is -2.08. The van der Waals surface area contributed by atoms with E-state index in [1.54, 1.807) is 0 Å². The van der Waals surface area contributed by atoms with Crippen molar-refractivity contribution < 1.29 is 0 Å². The van der Waals surface area contributed by atoms with Crippen molar-refractivity contribution in [3.05, 3.63) is 78.4 Å². The van der Waals surface area contributed by atoms with Crippen LogP contribution in [0.4, 0.5) is 5.69 Å². The molecule has 5 aromatic carbocycles. The molecule has 0 atom stereocenters. The molecule has 0 aliphatic heterocycles. The third kappa shape index (κ3) is 2.10. The van der Waals surface area contributed by atoms with E-state index in [0.717, 1.165) is 0 Å². The number of nitrogens with zero attached hydrogens (tertiary/aromatic N) is 1. The molecule has 0 saturated carbocycles. The van der Waals surface area contributed by atoms with Crippen LogP contribution in [0.15, 0.2) is 72.8 Å². The fourth-order valence-electron chi connectivity index (χ4n) is 4.20. The van der Waals surface area contributed by atoms with Crippen LogP contribution in [-0.4, -0.2) is 14.1 Å². The van der Waals surface area contributed by atoms with Crippen molar-refractivity contribution in [1.29, 1.82) is 0 Å². The van der Waals surface area contributed by atoms with Gasteiger partial charge in [-0.2, -0.15) is 0 Å². The molecule has 0 saturated heterocycles. The van der Waals surface area contributed by atoms with E-state index in [9.17, 15) is 0 Å². The summed E-state index contributed by atoms with van der Waals surface area (Å²) in [5.74, 6) is 0. The minimum atomic E-state index is 1.24. The van der Waals surface area contributed by atoms with Crippen molar-refractivity contribution in [3.63, 3.8) is 0 Å². The summed E-state index contributed by atoms with van der Waals surface area (Å²) in [5.41, 5.74) is 5.18. The highest BCUT2D eigenvalue weighted by Crippen LogP contribution is 2.40. The topological polar surface area (TPSA) is 3.24 Å². The number of aryl methyl sites for hydroxylation is 1.